The first-order valence-electron chi connectivity index (χ1n) is 7.13. The molecular formula is C14H24N2O3. The van der Waals surface area contributed by atoms with Crippen molar-refractivity contribution in [2.75, 3.05) is 33.4 Å². The normalized spacial score (nSPS) is 19.1. The number of hydrogen-bond acceptors (Lipinski definition) is 5. The molecule has 1 aliphatic rings. The highest BCUT2D eigenvalue weighted by atomic mass is 16.5. The SMILES string of the molecule is COCCNCCc1ncc(CCC2CCCO2)o1. The monoisotopic (exact) mass is 268 g/mol. The highest BCUT2D eigenvalue weighted by molar-refractivity contribution is 4.95. The van der Waals surface area contributed by atoms with E-state index in [1.54, 1.807) is 7.11 Å². The van der Waals surface area contributed by atoms with E-state index >= 15 is 0 Å². The number of ether oxygens (including phenoxy) is 2. The fourth-order valence-corrected chi connectivity index (χ4v) is 2.25. The van der Waals surface area contributed by atoms with Crippen LogP contribution in [0.15, 0.2) is 10.6 Å². The highest BCUT2D eigenvalue weighted by Crippen LogP contribution is 2.18. The molecule has 108 valence electrons. The molecule has 1 N–H and O–H groups in total. The molecule has 0 amide bonds. The molecule has 2 rings (SSSR count). The summed E-state index contributed by atoms with van der Waals surface area (Å²) in [4.78, 5) is 4.30. The predicted molar refractivity (Wildman–Crippen MR) is 72.2 cm³/mol. The topological polar surface area (TPSA) is 56.5 Å². The Morgan fingerprint density at radius 2 is 2.37 bits per heavy atom. The third kappa shape index (κ3) is 5.30. The fourth-order valence-electron chi connectivity index (χ4n) is 2.25. The van der Waals surface area contributed by atoms with Gasteiger partial charge in [0.25, 0.3) is 0 Å². The molecule has 1 aromatic rings. The Morgan fingerprint density at radius 1 is 1.42 bits per heavy atom. The van der Waals surface area contributed by atoms with E-state index in [-0.39, 0.29) is 0 Å². The standard InChI is InChI=1S/C14H24N2O3/c1-17-10-8-15-7-6-14-16-11-13(19-14)5-4-12-3-2-9-18-12/h11-12,15H,2-10H2,1H3. The summed E-state index contributed by atoms with van der Waals surface area (Å²) in [7, 11) is 1.70. The maximum absolute atomic E-state index is 5.71. The van der Waals surface area contributed by atoms with Gasteiger partial charge in [0.15, 0.2) is 5.89 Å². The Morgan fingerprint density at radius 3 is 3.16 bits per heavy atom. The Labute approximate surface area is 114 Å². The molecule has 0 saturated carbocycles. The van der Waals surface area contributed by atoms with Gasteiger partial charge in [0, 0.05) is 39.6 Å². The first-order chi connectivity index (χ1) is 9.38. The molecule has 0 spiro atoms. The number of nitrogens with one attached hydrogen (secondary N) is 1. The van der Waals surface area contributed by atoms with Gasteiger partial charge in [-0.2, -0.15) is 0 Å². The van der Waals surface area contributed by atoms with Gasteiger partial charge < -0.3 is 19.2 Å². The van der Waals surface area contributed by atoms with E-state index in [9.17, 15) is 0 Å². The Kier molecular flexibility index (Phi) is 6.33. The van der Waals surface area contributed by atoms with Crippen LogP contribution in [0.3, 0.4) is 0 Å². The fraction of sp³-hybridized carbons (Fsp3) is 0.786. The quantitative estimate of drug-likeness (QED) is 0.689. The van der Waals surface area contributed by atoms with E-state index in [4.69, 9.17) is 13.9 Å². The molecule has 1 aliphatic heterocycles. The van der Waals surface area contributed by atoms with Crippen LogP contribution in [-0.2, 0) is 22.3 Å². The molecular weight excluding hydrogens is 244 g/mol. The van der Waals surface area contributed by atoms with E-state index < -0.39 is 0 Å². The lowest BCUT2D eigenvalue weighted by Crippen LogP contribution is -2.21. The number of nitrogens with zero attached hydrogens (tertiary/aromatic N) is 1. The van der Waals surface area contributed by atoms with Crippen molar-refractivity contribution in [3.05, 3.63) is 17.8 Å². The van der Waals surface area contributed by atoms with Crippen molar-refractivity contribution < 1.29 is 13.9 Å². The predicted octanol–water partition coefficient (Wildman–Crippen LogP) is 1.56. The molecule has 1 aromatic heterocycles. The van der Waals surface area contributed by atoms with Gasteiger partial charge in [-0.1, -0.05) is 0 Å². The lowest BCUT2D eigenvalue weighted by atomic mass is 10.1. The van der Waals surface area contributed by atoms with Gasteiger partial charge in [-0.05, 0) is 19.3 Å². The van der Waals surface area contributed by atoms with Gasteiger partial charge in [-0.15, -0.1) is 0 Å². The molecule has 0 aromatic carbocycles. The van der Waals surface area contributed by atoms with Crippen molar-refractivity contribution in [2.24, 2.45) is 0 Å². The van der Waals surface area contributed by atoms with Crippen LogP contribution in [0.4, 0.5) is 0 Å². The number of aromatic nitrogens is 1. The molecule has 1 saturated heterocycles. The zero-order chi connectivity index (χ0) is 13.3. The van der Waals surface area contributed by atoms with E-state index in [2.05, 4.69) is 10.3 Å². The lowest BCUT2D eigenvalue weighted by molar-refractivity contribution is 0.103. The molecule has 1 atom stereocenters. The summed E-state index contributed by atoms with van der Waals surface area (Å²) in [5.74, 6) is 1.79. The average Bonchev–Trinajstić information content (AvgIpc) is 3.07. The van der Waals surface area contributed by atoms with Crippen LogP contribution < -0.4 is 5.32 Å². The minimum absolute atomic E-state index is 0.421. The van der Waals surface area contributed by atoms with Crippen LogP contribution in [0.25, 0.3) is 0 Å². The summed E-state index contributed by atoms with van der Waals surface area (Å²) in [5.41, 5.74) is 0. The smallest absolute Gasteiger partial charge is 0.195 e. The van der Waals surface area contributed by atoms with Gasteiger partial charge in [0.05, 0.1) is 18.9 Å². The molecule has 2 heterocycles. The van der Waals surface area contributed by atoms with Crippen LogP contribution in [0, 0.1) is 0 Å². The first kappa shape index (κ1) is 14.5. The minimum Gasteiger partial charge on any atom is -0.446 e. The molecule has 19 heavy (non-hydrogen) atoms. The summed E-state index contributed by atoms with van der Waals surface area (Å²) < 4.78 is 16.3. The lowest BCUT2D eigenvalue weighted by Gasteiger charge is -2.06. The zero-order valence-corrected chi connectivity index (χ0v) is 11.7. The maximum atomic E-state index is 5.71. The molecule has 0 aliphatic carbocycles. The first-order valence-corrected chi connectivity index (χ1v) is 7.13. The van der Waals surface area contributed by atoms with Gasteiger partial charge in [0.2, 0.25) is 0 Å². The maximum Gasteiger partial charge on any atom is 0.195 e. The van der Waals surface area contributed by atoms with Crippen LogP contribution in [0.5, 0.6) is 0 Å². The summed E-state index contributed by atoms with van der Waals surface area (Å²) in [6.07, 6.45) is 7.44. The average molecular weight is 268 g/mol. The van der Waals surface area contributed by atoms with Gasteiger partial charge >= 0.3 is 0 Å². The van der Waals surface area contributed by atoms with Crippen LogP contribution in [-0.4, -0.2) is 44.5 Å². The summed E-state index contributed by atoms with van der Waals surface area (Å²) in [5, 5.41) is 3.28. The van der Waals surface area contributed by atoms with Crippen molar-refractivity contribution >= 4 is 0 Å². The zero-order valence-electron chi connectivity index (χ0n) is 11.7. The molecule has 1 unspecified atom stereocenters. The molecule has 0 bridgehead atoms. The number of rotatable bonds is 9. The Balaban J connectivity index is 1.61. The van der Waals surface area contributed by atoms with Crippen molar-refractivity contribution in [3.8, 4) is 0 Å². The highest BCUT2D eigenvalue weighted by Gasteiger charge is 2.16. The molecule has 0 radical (unpaired) electrons. The minimum atomic E-state index is 0.421. The summed E-state index contributed by atoms with van der Waals surface area (Å²) in [6, 6.07) is 0. The number of methoxy groups -OCH3 is 1. The third-order valence-corrected chi connectivity index (χ3v) is 3.34. The number of aryl methyl sites for hydroxylation is 1. The van der Waals surface area contributed by atoms with Crippen molar-refractivity contribution in [3.63, 3.8) is 0 Å². The largest absolute Gasteiger partial charge is 0.446 e. The summed E-state index contributed by atoms with van der Waals surface area (Å²) >= 11 is 0. The summed E-state index contributed by atoms with van der Waals surface area (Å²) in [6.45, 7) is 3.38. The number of hydrogen-bond donors (Lipinski definition) is 1. The van der Waals surface area contributed by atoms with Crippen LogP contribution in [0.2, 0.25) is 0 Å². The second-order valence-electron chi connectivity index (χ2n) is 4.89. The van der Waals surface area contributed by atoms with Crippen molar-refractivity contribution in [1.29, 1.82) is 0 Å². The van der Waals surface area contributed by atoms with E-state index in [0.29, 0.717) is 6.10 Å². The molecule has 5 heteroatoms. The third-order valence-electron chi connectivity index (χ3n) is 3.34. The van der Waals surface area contributed by atoms with Gasteiger partial charge in [0.1, 0.15) is 5.76 Å². The van der Waals surface area contributed by atoms with E-state index in [1.165, 1.54) is 12.8 Å². The van der Waals surface area contributed by atoms with Gasteiger partial charge in [-0.3, -0.25) is 0 Å². The second kappa shape index (κ2) is 8.30. The van der Waals surface area contributed by atoms with E-state index in [0.717, 1.165) is 57.2 Å². The van der Waals surface area contributed by atoms with Crippen molar-refractivity contribution in [2.45, 2.75) is 38.2 Å². The van der Waals surface area contributed by atoms with Crippen LogP contribution in [0.1, 0.15) is 30.9 Å². The van der Waals surface area contributed by atoms with Gasteiger partial charge in [-0.25, -0.2) is 4.98 Å². The molecule has 5 nitrogen and oxygen atoms in total. The van der Waals surface area contributed by atoms with Crippen molar-refractivity contribution in [1.82, 2.24) is 10.3 Å². The Hall–Kier alpha value is -0.910. The Bertz CT molecular complexity index is 348. The van der Waals surface area contributed by atoms with Crippen LogP contribution >= 0.6 is 0 Å². The van der Waals surface area contributed by atoms with E-state index in [1.807, 2.05) is 6.20 Å². The number of oxazole rings is 1. The molecule has 1 fully saturated rings. The second-order valence-corrected chi connectivity index (χ2v) is 4.89.